The molecule has 0 bridgehead atoms. The first kappa shape index (κ1) is 12.2. The van der Waals surface area contributed by atoms with Gasteiger partial charge in [0, 0.05) is 37.1 Å². The molecule has 3 N–H and O–H groups in total. The number of amides is 1. The van der Waals surface area contributed by atoms with Crippen molar-refractivity contribution in [3.63, 3.8) is 0 Å². The van der Waals surface area contributed by atoms with Gasteiger partial charge in [0.1, 0.15) is 5.65 Å². The van der Waals surface area contributed by atoms with Gasteiger partial charge in [-0.25, -0.2) is 4.98 Å². The van der Waals surface area contributed by atoms with Crippen molar-refractivity contribution in [3.8, 4) is 0 Å². The Kier molecular flexibility index (Phi) is 3.21. The predicted octanol–water partition coefficient (Wildman–Crippen LogP) is 1.08. The van der Waals surface area contributed by atoms with Crippen LogP contribution in [0.1, 0.15) is 24.8 Å². The fourth-order valence-corrected chi connectivity index (χ4v) is 2.65. The number of carbonyl (C=O) groups is 1. The fourth-order valence-electron chi connectivity index (χ4n) is 2.65. The van der Waals surface area contributed by atoms with Gasteiger partial charge < -0.3 is 15.5 Å². The van der Waals surface area contributed by atoms with Crippen LogP contribution in [0.2, 0.25) is 0 Å². The van der Waals surface area contributed by atoms with Crippen molar-refractivity contribution in [1.82, 2.24) is 14.7 Å². The molecule has 0 radical (unpaired) electrons. The first-order chi connectivity index (χ1) is 9.22. The van der Waals surface area contributed by atoms with E-state index in [4.69, 9.17) is 5.73 Å². The number of carbonyl (C=O) groups excluding carboxylic acids is 1. The Bertz CT molecular complexity index is 592. The molecule has 1 saturated carbocycles. The summed E-state index contributed by atoms with van der Waals surface area (Å²) in [7, 11) is 0. The summed E-state index contributed by atoms with van der Waals surface area (Å²) in [4.78, 5) is 16.2. The summed E-state index contributed by atoms with van der Waals surface area (Å²) in [6.07, 6.45) is 8.29. The zero-order valence-corrected chi connectivity index (χ0v) is 10.7. The van der Waals surface area contributed by atoms with Gasteiger partial charge in [-0.05, 0) is 37.0 Å². The lowest BCUT2D eigenvalue weighted by atomic mass is 10.1. The number of rotatable bonds is 3. The molecule has 5 nitrogen and oxygen atoms in total. The van der Waals surface area contributed by atoms with E-state index in [9.17, 15) is 4.79 Å². The Morgan fingerprint density at radius 3 is 3.16 bits per heavy atom. The number of nitrogens with one attached hydrogen (secondary N) is 1. The van der Waals surface area contributed by atoms with Crippen LogP contribution >= 0.6 is 0 Å². The van der Waals surface area contributed by atoms with Crippen LogP contribution in [0.3, 0.4) is 0 Å². The Morgan fingerprint density at radius 2 is 2.37 bits per heavy atom. The molecule has 100 valence electrons. The Hall–Kier alpha value is -1.88. The molecule has 3 rings (SSSR count). The average molecular weight is 258 g/mol. The van der Waals surface area contributed by atoms with Crippen molar-refractivity contribution in [2.45, 2.75) is 31.8 Å². The maximum absolute atomic E-state index is 12.0. The molecule has 0 spiro atoms. The van der Waals surface area contributed by atoms with Crippen molar-refractivity contribution >= 4 is 11.6 Å². The van der Waals surface area contributed by atoms with E-state index in [0.717, 1.165) is 30.5 Å². The number of imidazole rings is 1. The molecule has 1 amide bonds. The number of nitrogens with zero attached hydrogens (tertiary/aromatic N) is 2. The third-order valence-electron chi connectivity index (χ3n) is 3.77. The van der Waals surface area contributed by atoms with Crippen LogP contribution in [0.4, 0.5) is 0 Å². The zero-order valence-electron chi connectivity index (χ0n) is 10.7. The average Bonchev–Trinajstić information content (AvgIpc) is 3.03. The van der Waals surface area contributed by atoms with Gasteiger partial charge in [-0.1, -0.05) is 0 Å². The quantitative estimate of drug-likeness (QED) is 0.865. The monoisotopic (exact) mass is 258 g/mol. The molecule has 0 aromatic carbocycles. The number of nitrogens with two attached hydrogens (primary N) is 1. The van der Waals surface area contributed by atoms with Crippen molar-refractivity contribution < 1.29 is 4.79 Å². The Labute approximate surface area is 111 Å². The number of fused-ring (bicyclic) bond motifs is 1. The number of aromatic nitrogens is 2. The molecule has 5 heteroatoms. The summed E-state index contributed by atoms with van der Waals surface area (Å²) < 4.78 is 1.95. The Balaban J connectivity index is 1.60. The highest BCUT2D eigenvalue weighted by atomic mass is 16.1. The van der Waals surface area contributed by atoms with Gasteiger partial charge in [0.25, 0.3) is 0 Å². The number of hydrogen-bond donors (Lipinski definition) is 2. The second-order valence-electron chi connectivity index (χ2n) is 5.22. The van der Waals surface area contributed by atoms with Gasteiger partial charge in [0.2, 0.25) is 5.91 Å². The van der Waals surface area contributed by atoms with E-state index >= 15 is 0 Å². The molecule has 2 aromatic rings. The van der Waals surface area contributed by atoms with Gasteiger partial charge in [0.05, 0.1) is 0 Å². The summed E-state index contributed by atoms with van der Waals surface area (Å²) >= 11 is 0. The summed E-state index contributed by atoms with van der Waals surface area (Å²) in [6, 6.07) is 4.17. The van der Waals surface area contributed by atoms with E-state index in [1.165, 1.54) is 0 Å². The maximum Gasteiger partial charge on any atom is 0.223 e. The number of pyridine rings is 1. The Morgan fingerprint density at radius 1 is 1.47 bits per heavy atom. The van der Waals surface area contributed by atoms with Crippen molar-refractivity contribution in [2.75, 3.05) is 0 Å². The lowest BCUT2D eigenvalue weighted by Crippen LogP contribution is -2.30. The van der Waals surface area contributed by atoms with Crippen LogP contribution in [-0.2, 0) is 11.3 Å². The minimum absolute atomic E-state index is 0.0881. The summed E-state index contributed by atoms with van der Waals surface area (Å²) in [5.41, 5.74) is 7.79. The highest BCUT2D eigenvalue weighted by Crippen LogP contribution is 2.24. The van der Waals surface area contributed by atoms with Gasteiger partial charge in [0.15, 0.2) is 0 Å². The van der Waals surface area contributed by atoms with Crippen LogP contribution in [0, 0.1) is 5.92 Å². The molecule has 2 heterocycles. The summed E-state index contributed by atoms with van der Waals surface area (Å²) in [5, 5.41) is 2.99. The SMILES string of the molecule is NC1CCC(C(=O)NCc2ccn3ccnc3c2)C1. The van der Waals surface area contributed by atoms with Crippen LogP contribution in [0.15, 0.2) is 30.7 Å². The number of hydrogen-bond acceptors (Lipinski definition) is 3. The van der Waals surface area contributed by atoms with E-state index in [2.05, 4.69) is 10.3 Å². The highest BCUT2D eigenvalue weighted by Gasteiger charge is 2.27. The lowest BCUT2D eigenvalue weighted by Gasteiger charge is -2.10. The standard InChI is InChI=1S/C14H18N4O/c15-12-2-1-11(8-12)14(19)17-9-10-3-5-18-6-4-16-13(18)7-10/h3-7,11-12H,1-2,8-9,15H2,(H,17,19). The highest BCUT2D eigenvalue weighted by molar-refractivity contribution is 5.79. The molecule has 19 heavy (non-hydrogen) atoms. The van der Waals surface area contributed by atoms with Crippen LogP contribution in [0.5, 0.6) is 0 Å². The topological polar surface area (TPSA) is 72.4 Å². The largest absolute Gasteiger partial charge is 0.352 e. The van der Waals surface area contributed by atoms with E-state index in [1.807, 2.05) is 28.9 Å². The summed E-state index contributed by atoms with van der Waals surface area (Å²) in [5.74, 6) is 0.210. The third-order valence-corrected chi connectivity index (χ3v) is 3.77. The maximum atomic E-state index is 12.0. The third kappa shape index (κ3) is 2.61. The van der Waals surface area contributed by atoms with E-state index in [0.29, 0.717) is 6.54 Å². The first-order valence-corrected chi connectivity index (χ1v) is 6.67. The second-order valence-corrected chi connectivity index (χ2v) is 5.22. The normalized spacial score (nSPS) is 22.8. The molecular weight excluding hydrogens is 240 g/mol. The van der Waals surface area contributed by atoms with Crippen LogP contribution in [-0.4, -0.2) is 21.3 Å². The van der Waals surface area contributed by atoms with Crippen LogP contribution < -0.4 is 11.1 Å². The minimum atomic E-state index is 0.0881. The molecule has 2 atom stereocenters. The molecule has 1 aliphatic carbocycles. The van der Waals surface area contributed by atoms with Crippen LogP contribution in [0.25, 0.3) is 5.65 Å². The van der Waals surface area contributed by atoms with Gasteiger partial charge in [-0.15, -0.1) is 0 Å². The van der Waals surface area contributed by atoms with Crippen molar-refractivity contribution in [1.29, 1.82) is 0 Å². The van der Waals surface area contributed by atoms with Gasteiger partial charge in [-0.2, -0.15) is 0 Å². The van der Waals surface area contributed by atoms with Crippen molar-refractivity contribution in [2.24, 2.45) is 11.7 Å². The molecule has 0 aliphatic heterocycles. The lowest BCUT2D eigenvalue weighted by molar-refractivity contribution is -0.125. The predicted molar refractivity (Wildman–Crippen MR) is 72.4 cm³/mol. The molecule has 2 aromatic heterocycles. The molecule has 2 unspecified atom stereocenters. The zero-order chi connectivity index (χ0) is 13.2. The fraction of sp³-hybridized carbons (Fsp3) is 0.429. The minimum Gasteiger partial charge on any atom is -0.352 e. The van der Waals surface area contributed by atoms with Gasteiger partial charge in [-0.3, -0.25) is 4.79 Å². The van der Waals surface area contributed by atoms with E-state index in [1.54, 1.807) is 6.20 Å². The molecule has 0 saturated heterocycles. The molecule has 1 fully saturated rings. The van der Waals surface area contributed by atoms with Crippen molar-refractivity contribution in [3.05, 3.63) is 36.3 Å². The summed E-state index contributed by atoms with van der Waals surface area (Å²) in [6.45, 7) is 0.550. The van der Waals surface area contributed by atoms with E-state index in [-0.39, 0.29) is 17.9 Å². The molecule has 1 aliphatic rings. The smallest absolute Gasteiger partial charge is 0.223 e. The first-order valence-electron chi connectivity index (χ1n) is 6.67. The molecular formula is C14H18N4O. The van der Waals surface area contributed by atoms with E-state index < -0.39 is 0 Å². The second kappa shape index (κ2) is 5.01. The van der Waals surface area contributed by atoms with Gasteiger partial charge >= 0.3 is 0 Å².